The number of rotatable bonds is 7. The summed E-state index contributed by atoms with van der Waals surface area (Å²) in [4.78, 5) is 0. The molecule has 0 saturated heterocycles. The van der Waals surface area contributed by atoms with E-state index in [2.05, 4.69) is 0 Å². The van der Waals surface area contributed by atoms with Crippen molar-refractivity contribution in [3.05, 3.63) is 30.3 Å². The number of nitrogens with two attached hydrogens (primary N) is 1. The van der Waals surface area contributed by atoms with Gasteiger partial charge in [0.25, 0.3) is 0 Å². The minimum absolute atomic E-state index is 0.192. The van der Waals surface area contributed by atoms with Gasteiger partial charge < -0.3 is 15.2 Å². The van der Waals surface area contributed by atoms with Crippen LogP contribution in [-0.4, -0.2) is 25.9 Å². The fourth-order valence-electron chi connectivity index (χ4n) is 2.65. The van der Waals surface area contributed by atoms with E-state index in [0.29, 0.717) is 25.7 Å². The molecule has 1 aliphatic carbocycles. The molecule has 0 aromatic heterocycles. The number of ether oxygens (including phenoxy) is 2. The Morgan fingerprint density at radius 1 is 1.05 bits per heavy atom. The lowest BCUT2D eigenvalue weighted by atomic mass is 9.84. The summed E-state index contributed by atoms with van der Waals surface area (Å²) in [5, 5.41) is 0. The largest absolute Gasteiger partial charge is 0.491 e. The van der Waals surface area contributed by atoms with Crippen LogP contribution in [0.2, 0.25) is 0 Å². The van der Waals surface area contributed by atoms with Crippen LogP contribution in [0.25, 0.3) is 0 Å². The summed E-state index contributed by atoms with van der Waals surface area (Å²) < 4.78 is 11.2. The van der Waals surface area contributed by atoms with E-state index < -0.39 is 0 Å². The number of hydrogen-bond donors (Lipinski definition) is 1. The first-order valence-electron chi connectivity index (χ1n) is 7.37. The van der Waals surface area contributed by atoms with Crippen molar-refractivity contribution in [2.45, 2.75) is 38.1 Å². The zero-order valence-electron chi connectivity index (χ0n) is 11.6. The lowest BCUT2D eigenvalue weighted by Gasteiger charge is -2.27. The quantitative estimate of drug-likeness (QED) is 0.769. The maximum atomic E-state index is 6.18. The van der Waals surface area contributed by atoms with Crippen molar-refractivity contribution < 1.29 is 9.47 Å². The molecule has 0 heterocycles. The van der Waals surface area contributed by atoms with Gasteiger partial charge in [-0.05, 0) is 30.9 Å². The maximum Gasteiger partial charge on any atom is 0.119 e. The second kappa shape index (κ2) is 8.18. The summed E-state index contributed by atoms with van der Waals surface area (Å²) in [5.74, 6) is 1.55. The van der Waals surface area contributed by atoms with Crippen molar-refractivity contribution in [3.8, 4) is 5.75 Å². The molecular weight excluding hydrogens is 238 g/mol. The molecule has 2 rings (SSSR count). The second-order valence-electron chi connectivity index (χ2n) is 5.30. The van der Waals surface area contributed by atoms with Crippen LogP contribution in [0.3, 0.4) is 0 Å². The van der Waals surface area contributed by atoms with E-state index in [1.54, 1.807) is 0 Å². The molecule has 106 valence electrons. The highest BCUT2D eigenvalue weighted by Gasteiger charge is 2.20. The second-order valence-corrected chi connectivity index (χ2v) is 5.30. The van der Waals surface area contributed by atoms with E-state index in [0.717, 1.165) is 5.75 Å². The topological polar surface area (TPSA) is 44.5 Å². The Kier molecular flexibility index (Phi) is 6.18. The molecule has 0 radical (unpaired) electrons. The first kappa shape index (κ1) is 14.4. The first-order chi connectivity index (χ1) is 9.36. The average molecular weight is 263 g/mol. The summed E-state index contributed by atoms with van der Waals surface area (Å²) in [5.41, 5.74) is 6.18. The molecule has 2 N–H and O–H groups in total. The molecular formula is C16H25NO2. The fourth-order valence-corrected chi connectivity index (χ4v) is 2.65. The van der Waals surface area contributed by atoms with Crippen molar-refractivity contribution in [1.29, 1.82) is 0 Å². The summed E-state index contributed by atoms with van der Waals surface area (Å²) in [6.07, 6.45) is 6.57. The van der Waals surface area contributed by atoms with Gasteiger partial charge in [-0.25, -0.2) is 0 Å². The van der Waals surface area contributed by atoms with Crippen LogP contribution in [0.1, 0.15) is 32.1 Å². The number of para-hydroxylation sites is 1. The van der Waals surface area contributed by atoms with E-state index in [1.165, 1.54) is 32.1 Å². The van der Waals surface area contributed by atoms with Crippen LogP contribution in [0.15, 0.2) is 30.3 Å². The first-order valence-corrected chi connectivity index (χ1v) is 7.37. The molecule has 1 aromatic rings. The van der Waals surface area contributed by atoms with Crippen molar-refractivity contribution >= 4 is 0 Å². The Bertz CT molecular complexity index is 336. The molecule has 3 heteroatoms. The Hall–Kier alpha value is -1.06. The van der Waals surface area contributed by atoms with Crippen LogP contribution in [0.5, 0.6) is 5.75 Å². The summed E-state index contributed by atoms with van der Waals surface area (Å²) in [7, 11) is 0. The molecule has 3 nitrogen and oxygen atoms in total. The minimum atomic E-state index is 0.192. The lowest BCUT2D eigenvalue weighted by Crippen LogP contribution is -2.36. The van der Waals surface area contributed by atoms with Gasteiger partial charge in [-0.3, -0.25) is 0 Å². The van der Waals surface area contributed by atoms with Gasteiger partial charge in [-0.15, -0.1) is 0 Å². The van der Waals surface area contributed by atoms with Crippen LogP contribution >= 0.6 is 0 Å². The third kappa shape index (κ3) is 5.21. The highest BCUT2D eigenvalue weighted by atomic mass is 16.5. The third-order valence-corrected chi connectivity index (χ3v) is 3.81. The zero-order chi connectivity index (χ0) is 13.3. The molecule has 0 amide bonds. The predicted molar refractivity (Wildman–Crippen MR) is 77.3 cm³/mol. The van der Waals surface area contributed by atoms with Gasteiger partial charge in [-0.1, -0.05) is 37.5 Å². The minimum Gasteiger partial charge on any atom is -0.491 e. The van der Waals surface area contributed by atoms with E-state index >= 15 is 0 Å². The molecule has 0 aliphatic heterocycles. The molecule has 1 saturated carbocycles. The Morgan fingerprint density at radius 2 is 1.79 bits per heavy atom. The highest BCUT2D eigenvalue weighted by molar-refractivity contribution is 5.20. The summed E-state index contributed by atoms with van der Waals surface area (Å²) >= 11 is 0. The van der Waals surface area contributed by atoms with E-state index in [9.17, 15) is 0 Å². The molecule has 1 atom stereocenters. The Labute approximate surface area is 116 Å². The van der Waals surface area contributed by atoms with Crippen molar-refractivity contribution in [2.24, 2.45) is 11.7 Å². The SMILES string of the molecule is NC(COCCOc1ccccc1)C1CCCCC1. The highest BCUT2D eigenvalue weighted by Crippen LogP contribution is 2.25. The zero-order valence-corrected chi connectivity index (χ0v) is 11.6. The van der Waals surface area contributed by atoms with E-state index in [-0.39, 0.29) is 6.04 Å². The van der Waals surface area contributed by atoms with E-state index in [1.807, 2.05) is 30.3 Å². The third-order valence-electron chi connectivity index (χ3n) is 3.81. The van der Waals surface area contributed by atoms with Gasteiger partial charge in [0, 0.05) is 6.04 Å². The molecule has 1 aromatic carbocycles. The summed E-state index contributed by atoms with van der Waals surface area (Å²) in [6, 6.07) is 10.0. The average Bonchev–Trinajstić information content (AvgIpc) is 2.49. The molecule has 1 unspecified atom stereocenters. The van der Waals surface area contributed by atoms with Crippen molar-refractivity contribution in [3.63, 3.8) is 0 Å². The van der Waals surface area contributed by atoms with Gasteiger partial charge in [-0.2, -0.15) is 0 Å². The lowest BCUT2D eigenvalue weighted by molar-refractivity contribution is 0.0741. The smallest absolute Gasteiger partial charge is 0.119 e. The maximum absolute atomic E-state index is 6.18. The van der Waals surface area contributed by atoms with Gasteiger partial charge >= 0.3 is 0 Å². The van der Waals surface area contributed by atoms with Gasteiger partial charge in [0.1, 0.15) is 12.4 Å². The molecule has 0 spiro atoms. The Morgan fingerprint density at radius 3 is 2.53 bits per heavy atom. The molecule has 1 aliphatic rings. The van der Waals surface area contributed by atoms with Crippen molar-refractivity contribution in [2.75, 3.05) is 19.8 Å². The standard InChI is InChI=1S/C16H25NO2/c17-16(14-7-3-1-4-8-14)13-18-11-12-19-15-9-5-2-6-10-15/h2,5-6,9-10,14,16H,1,3-4,7-8,11-13,17H2. The van der Waals surface area contributed by atoms with Gasteiger partial charge in [0.2, 0.25) is 0 Å². The fraction of sp³-hybridized carbons (Fsp3) is 0.625. The van der Waals surface area contributed by atoms with E-state index in [4.69, 9.17) is 15.2 Å². The predicted octanol–water partition coefficient (Wildman–Crippen LogP) is 2.99. The van der Waals surface area contributed by atoms with Crippen LogP contribution in [0, 0.1) is 5.92 Å². The number of benzene rings is 1. The van der Waals surface area contributed by atoms with Crippen LogP contribution in [-0.2, 0) is 4.74 Å². The van der Waals surface area contributed by atoms with Gasteiger partial charge in [0.15, 0.2) is 0 Å². The number of hydrogen-bond acceptors (Lipinski definition) is 3. The van der Waals surface area contributed by atoms with Crippen LogP contribution < -0.4 is 10.5 Å². The van der Waals surface area contributed by atoms with Gasteiger partial charge in [0.05, 0.1) is 13.2 Å². The molecule has 19 heavy (non-hydrogen) atoms. The monoisotopic (exact) mass is 263 g/mol. The Balaban J connectivity index is 1.54. The molecule has 0 bridgehead atoms. The molecule has 1 fully saturated rings. The van der Waals surface area contributed by atoms with Crippen molar-refractivity contribution in [1.82, 2.24) is 0 Å². The normalized spacial score (nSPS) is 18.2. The van der Waals surface area contributed by atoms with Crippen LogP contribution in [0.4, 0.5) is 0 Å². The summed E-state index contributed by atoms with van der Waals surface area (Å²) in [6.45, 7) is 1.85.